The van der Waals surface area contributed by atoms with Crippen molar-refractivity contribution in [3.8, 4) is 5.75 Å². The summed E-state index contributed by atoms with van der Waals surface area (Å²) in [5.41, 5.74) is 1.28. The summed E-state index contributed by atoms with van der Waals surface area (Å²) in [5.74, 6) is 1.10. The molecule has 1 saturated heterocycles. The van der Waals surface area contributed by atoms with Crippen molar-refractivity contribution in [1.82, 2.24) is 10.2 Å². The number of rotatable bonds is 4. The first-order valence-corrected chi connectivity index (χ1v) is 9.44. The minimum Gasteiger partial charge on any atom is -0.487 e. The second-order valence-corrected chi connectivity index (χ2v) is 7.90. The smallest absolute Gasteiger partial charge is 0.251 e. The van der Waals surface area contributed by atoms with Crippen LogP contribution in [0.15, 0.2) is 24.3 Å². The molecule has 1 spiro atoms. The highest BCUT2D eigenvalue weighted by atomic mass is 16.5. The monoisotopic (exact) mass is 344 g/mol. The standard InChI is InChI=1S/C20H28N2O3/c1-22(2)19(23)18-9-8-14(24-18)13-21-16-12-20(10-5-11-20)25-17-7-4-3-6-15(16)17/h3-4,6-7,14,16,18,21H,5,8-13H2,1-2H3/t14-,16-,18+/m1/s1. The van der Waals surface area contributed by atoms with Crippen LogP contribution in [0.4, 0.5) is 0 Å². The number of likely N-dealkylation sites (N-methyl/N-ethyl adjacent to an activating group) is 1. The third-order valence-corrected chi connectivity index (χ3v) is 5.88. The quantitative estimate of drug-likeness (QED) is 0.912. The number of fused-ring (bicyclic) bond motifs is 1. The number of carbonyl (C=O) groups is 1. The van der Waals surface area contributed by atoms with E-state index in [-0.39, 0.29) is 23.7 Å². The van der Waals surface area contributed by atoms with E-state index in [0.29, 0.717) is 6.04 Å². The number of carbonyl (C=O) groups excluding carboxylic acids is 1. The van der Waals surface area contributed by atoms with Gasteiger partial charge in [0.25, 0.3) is 5.91 Å². The van der Waals surface area contributed by atoms with Crippen LogP contribution in [0.25, 0.3) is 0 Å². The molecule has 2 fully saturated rings. The van der Waals surface area contributed by atoms with E-state index < -0.39 is 0 Å². The van der Waals surface area contributed by atoms with Gasteiger partial charge in [0.1, 0.15) is 17.5 Å². The van der Waals surface area contributed by atoms with E-state index in [1.54, 1.807) is 19.0 Å². The minimum absolute atomic E-state index is 0.0337. The van der Waals surface area contributed by atoms with Gasteiger partial charge in [0.2, 0.25) is 0 Å². The lowest BCUT2D eigenvalue weighted by Crippen LogP contribution is -2.49. The summed E-state index contributed by atoms with van der Waals surface area (Å²) in [6, 6.07) is 8.67. The molecule has 5 nitrogen and oxygen atoms in total. The van der Waals surface area contributed by atoms with Crippen molar-refractivity contribution in [1.29, 1.82) is 0 Å². The molecule has 1 aromatic carbocycles. The van der Waals surface area contributed by atoms with E-state index in [1.165, 1.54) is 12.0 Å². The van der Waals surface area contributed by atoms with Gasteiger partial charge in [0.05, 0.1) is 6.10 Å². The summed E-state index contributed by atoms with van der Waals surface area (Å²) in [4.78, 5) is 13.7. The number of para-hydroxylation sites is 1. The van der Waals surface area contributed by atoms with Crippen LogP contribution < -0.4 is 10.1 Å². The van der Waals surface area contributed by atoms with Crippen molar-refractivity contribution in [3.63, 3.8) is 0 Å². The number of nitrogens with zero attached hydrogens (tertiary/aromatic N) is 1. The fourth-order valence-electron chi connectivity index (χ4n) is 4.28. The molecule has 1 aliphatic carbocycles. The largest absolute Gasteiger partial charge is 0.487 e. The Morgan fingerprint density at radius 1 is 1.28 bits per heavy atom. The fraction of sp³-hybridized carbons (Fsp3) is 0.650. The van der Waals surface area contributed by atoms with Crippen molar-refractivity contribution < 1.29 is 14.3 Å². The average molecular weight is 344 g/mol. The molecular weight excluding hydrogens is 316 g/mol. The van der Waals surface area contributed by atoms with E-state index in [2.05, 4.69) is 23.5 Å². The lowest BCUT2D eigenvalue weighted by atomic mass is 9.73. The fourth-order valence-corrected chi connectivity index (χ4v) is 4.28. The molecule has 1 amide bonds. The van der Waals surface area contributed by atoms with Gasteiger partial charge in [-0.15, -0.1) is 0 Å². The number of benzene rings is 1. The first-order valence-electron chi connectivity index (χ1n) is 9.44. The lowest BCUT2D eigenvalue weighted by Gasteiger charge is -2.48. The number of hydrogen-bond donors (Lipinski definition) is 1. The van der Waals surface area contributed by atoms with Gasteiger partial charge in [-0.1, -0.05) is 18.2 Å². The molecule has 1 saturated carbocycles. The topological polar surface area (TPSA) is 50.8 Å². The molecule has 3 aliphatic rings. The zero-order chi connectivity index (χ0) is 17.4. The Morgan fingerprint density at radius 2 is 2.08 bits per heavy atom. The number of amides is 1. The molecule has 2 heterocycles. The molecule has 1 N–H and O–H groups in total. The predicted molar refractivity (Wildman–Crippen MR) is 95.6 cm³/mol. The van der Waals surface area contributed by atoms with Crippen molar-refractivity contribution in [2.45, 2.75) is 62.4 Å². The maximum absolute atomic E-state index is 12.1. The molecule has 136 valence electrons. The molecular formula is C20H28N2O3. The third kappa shape index (κ3) is 3.27. The second-order valence-electron chi connectivity index (χ2n) is 7.90. The molecule has 0 bridgehead atoms. The van der Waals surface area contributed by atoms with Crippen LogP contribution >= 0.6 is 0 Å². The lowest BCUT2D eigenvalue weighted by molar-refractivity contribution is -0.140. The van der Waals surface area contributed by atoms with E-state index in [1.807, 2.05) is 6.07 Å². The summed E-state index contributed by atoms with van der Waals surface area (Å²) in [5, 5.41) is 3.70. The van der Waals surface area contributed by atoms with Crippen molar-refractivity contribution in [3.05, 3.63) is 29.8 Å². The van der Waals surface area contributed by atoms with Crippen LogP contribution in [-0.2, 0) is 9.53 Å². The summed E-state index contributed by atoms with van der Waals surface area (Å²) in [6.45, 7) is 0.784. The van der Waals surface area contributed by atoms with Gasteiger partial charge in [0.15, 0.2) is 0 Å². The summed E-state index contributed by atoms with van der Waals surface area (Å²) < 4.78 is 12.3. The van der Waals surface area contributed by atoms with Crippen LogP contribution in [0.5, 0.6) is 5.75 Å². The zero-order valence-corrected chi connectivity index (χ0v) is 15.2. The number of hydrogen-bond acceptors (Lipinski definition) is 4. The Kier molecular flexibility index (Phi) is 4.46. The second kappa shape index (κ2) is 6.61. The van der Waals surface area contributed by atoms with Gasteiger partial charge in [-0.05, 0) is 38.2 Å². The highest BCUT2D eigenvalue weighted by molar-refractivity contribution is 5.80. The Bertz CT molecular complexity index is 642. The van der Waals surface area contributed by atoms with Gasteiger partial charge in [-0.25, -0.2) is 0 Å². The molecule has 0 radical (unpaired) electrons. The van der Waals surface area contributed by atoms with Gasteiger partial charge in [-0.2, -0.15) is 0 Å². The molecule has 2 aliphatic heterocycles. The Balaban J connectivity index is 1.39. The zero-order valence-electron chi connectivity index (χ0n) is 15.2. The Morgan fingerprint density at radius 3 is 2.80 bits per heavy atom. The average Bonchev–Trinajstić information content (AvgIpc) is 3.06. The van der Waals surface area contributed by atoms with Crippen molar-refractivity contribution in [2.24, 2.45) is 0 Å². The summed E-state index contributed by atoms with van der Waals surface area (Å²) >= 11 is 0. The van der Waals surface area contributed by atoms with E-state index >= 15 is 0 Å². The molecule has 3 atom stereocenters. The maximum Gasteiger partial charge on any atom is 0.251 e. The van der Waals surface area contributed by atoms with Gasteiger partial charge >= 0.3 is 0 Å². The van der Waals surface area contributed by atoms with Crippen LogP contribution in [0.3, 0.4) is 0 Å². The van der Waals surface area contributed by atoms with E-state index in [9.17, 15) is 4.79 Å². The SMILES string of the molecule is CN(C)C(=O)[C@@H]1CC[C@H](CN[C@@H]2CC3(CCC3)Oc3ccccc32)O1. The van der Waals surface area contributed by atoms with E-state index in [0.717, 1.165) is 44.4 Å². The van der Waals surface area contributed by atoms with Crippen molar-refractivity contribution in [2.75, 3.05) is 20.6 Å². The highest BCUT2D eigenvalue weighted by Gasteiger charge is 2.45. The summed E-state index contributed by atoms with van der Waals surface area (Å²) in [7, 11) is 3.57. The first-order chi connectivity index (χ1) is 12.1. The van der Waals surface area contributed by atoms with Crippen molar-refractivity contribution >= 4 is 5.91 Å². The number of ether oxygens (including phenoxy) is 2. The van der Waals surface area contributed by atoms with Crippen LogP contribution in [0.2, 0.25) is 0 Å². The van der Waals surface area contributed by atoms with E-state index in [4.69, 9.17) is 9.47 Å². The molecule has 4 rings (SSSR count). The molecule has 25 heavy (non-hydrogen) atoms. The molecule has 5 heteroatoms. The highest BCUT2D eigenvalue weighted by Crippen LogP contribution is 2.48. The third-order valence-electron chi connectivity index (χ3n) is 5.88. The van der Waals surface area contributed by atoms with Crippen LogP contribution in [-0.4, -0.2) is 49.3 Å². The Labute approximate surface area is 149 Å². The molecule has 0 aromatic heterocycles. The summed E-state index contributed by atoms with van der Waals surface area (Å²) in [6.07, 6.45) is 6.18. The van der Waals surface area contributed by atoms with Gasteiger partial charge in [0, 0.05) is 38.7 Å². The Hall–Kier alpha value is -1.59. The van der Waals surface area contributed by atoms with Crippen LogP contribution in [0.1, 0.15) is 50.1 Å². The van der Waals surface area contributed by atoms with Gasteiger partial charge < -0.3 is 19.7 Å². The van der Waals surface area contributed by atoms with Crippen LogP contribution in [0, 0.1) is 0 Å². The first kappa shape index (κ1) is 16.9. The molecule has 1 aromatic rings. The minimum atomic E-state index is -0.276. The van der Waals surface area contributed by atoms with Gasteiger partial charge in [-0.3, -0.25) is 4.79 Å². The maximum atomic E-state index is 12.1. The number of nitrogens with one attached hydrogen (secondary N) is 1. The normalized spacial score (nSPS) is 29.6. The predicted octanol–water partition coefficient (Wildman–Crippen LogP) is 2.66. The molecule has 0 unspecified atom stereocenters.